The molecule has 0 radical (unpaired) electrons. The third-order valence-corrected chi connectivity index (χ3v) is 6.78. The van der Waals surface area contributed by atoms with Crippen molar-refractivity contribution in [2.75, 3.05) is 18.0 Å². The van der Waals surface area contributed by atoms with E-state index in [1.54, 1.807) is 17.4 Å². The molecular formula is C23H24ClN3O2S. The average Bonchev–Trinajstić information content (AvgIpc) is 3.12. The average molecular weight is 442 g/mol. The van der Waals surface area contributed by atoms with E-state index in [0.717, 1.165) is 40.5 Å². The van der Waals surface area contributed by atoms with Crippen molar-refractivity contribution in [3.63, 3.8) is 0 Å². The minimum atomic E-state index is -0.934. The number of piperazine rings is 1. The van der Waals surface area contributed by atoms with Crippen molar-refractivity contribution < 1.29 is 9.90 Å². The Morgan fingerprint density at radius 3 is 2.73 bits per heavy atom. The summed E-state index contributed by atoms with van der Waals surface area (Å²) < 4.78 is 1.16. The van der Waals surface area contributed by atoms with Crippen LogP contribution >= 0.6 is 22.9 Å². The van der Waals surface area contributed by atoms with E-state index < -0.39 is 5.97 Å². The van der Waals surface area contributed by atoms with Crippen molar-refractivity contribution in [2.45, 2.75) is 32.5 Å². The van der Waals surface area contributed by atoms with Crippen molar-refractivity contribution in [1.29, 1.82) is 0 Å². The molecule has 0 aliphatic carbocycles. The van der Waals surface area contributed by atoms with Crippen LogP contribution in [0.15, 0.2) is 48.5 Å². The quantitative estimate of drug-likeness (QED) is 0.555. The van der Waals surface area contributed by atoms with Crippen LogP contribution in [0.1, 0.15) is 25.0 Å². The third-order valence-electron chi connectivity index (χ3n) is 5.44. The summed E-state index contributed by atoms with van der Waals surface area (Å²) in [6.07, 6.45) is 2.81. The van der Waals surface area contributed by atoms with E-state index in [1.165, 1.54) is 11.6 Å². The molecule has 0 spiro atoms. The highest BCUT2D eigenvalue weighted by atomic mass is 35.5. The van der Waals surface area contributed by atoms with Crippen molar-refractivity contribution >= 4 is 50.3 Å². The molecule has 5 nitrogen and oxygen atoms in total. The molecule has 0 amide bonds. The van der Waals surface area contributed by atoms with Gasteiger partial charge >= 0.3 is 5.97 Å². The van der Waals surface area contributed by atoms with Gasteiger partial charge in [0.25, 0.3) is 0 Å². The highest BCUT2D eigenvalue weighted by Gasteiger charge is 2.30. The van der Waals surface area contributed by atoms with E-state index in [-0.39, 0.29) is 0 Å². The summed E-state index contributed by atoms with van der Waals surface area (Å²) in [5.41, 5.74) is 3.04. The Kier molecular flexibility index (Phi) is 6.09. The number of carboxylic acids is 1. The summed E-state index contributed by atoms with van der Waals surface area (Å²) in [4.78, 5) is 20.5. The predicted octanol–water partition coefficient (Wildman–Crippen LogP) is 5.15. The maximum absolute atomic E-state index is 10.8. The van der Waals surface area contributed by atoms with Crippen LogP contribution in [0.2, 0.25) is 5.02 Å². The Hall–Kier alpha value is -2.41. The van der Waals surface area contributed by atoms with E-state index >= 15 is 0 Å². The van der Waals surface area contributed by atoms with Gasteiger partial charge < -0.3 is 10.0 Å². The molecule has 2 atom stereocenters. The molecule has 2 heterocycles. The molecular weight excluding hydrogens is 418 g/mol. The number of aliphatic carboxylic acids is 1. The zero-order valence-electron chi connectivity index (χ0n) is 17.0. The topological polar surface area (TPSA) is 56.7 Å². The minimum absolute atomic E-state index is 0.363. The van der Waals surface area contributed by atoms with Crippen LogP contribution in [0.5, 0.6) is 0 Å². The fraction of sp³-hybridized carbons (Fsp3) is 0.304. The molecule has 0 saturated carbocycles. The Morgan fingerprint density at radius 1 is 1.23 bits per heavy atom. The first-order valence-electron chi connectivity index (χ1n) is 9.96. The Labute approximate surface area is 185 Å². The van der Waals surface area contributed by atoms with E-state index in [9.17, 15) is 4.79 Å². The summed E-state index contributed by atoms with van der Waals surface area (Å²) in [5.74, 6) is -0.934. The van der Waals surface area contributed by atoms with Gasteiger partial charge in [-0.3, -0.25) is 4.90 Å². The maximum atomic E-state index is 10.8. The Balaban J connectivity index is 1.47. The lowest BCUT2D eigenvalue weighted by molar-refractivity contribution is -0.131. The van der Waals surface area contributed by atoms with Gasteiger partial charge in [0.05, 0.1) is 10.2 Å². The van der Waals surface area contributed by atoms with Gasteiger partial charge in [-0.2, -0.15) is 0 Å². The zero-order chi connectivity index (χ0) is 21.3. The number of hydrogen-bond acceptors (Lipinski definition) is 5. The number of aromatic nitrogens is 1. The number of hydrogen-bond donors (Lipinski definition) is 1. The van der Waals surface area contributed by atoms with Crippen LogP contribution < -0.4 is 4.90 Å². The van der Waals surface area contributed by atoms with Gasteiger partial charge in [-0.05, 0) is 49.2 Å². The van der Waals surface area contributed by atoms with Crippen LogP contribution in [0.3, 0.4) is 0 Å². The lowest BCUT2D eigenvalue weighted by Crippen LogP contribution is -2.56. The fourth-order valence-corrected chi connectivity index (χ4v) is 5.15. The molecule has 4 rings (SSSR count). The van der Waals surface area contributed by atoms with Gasteiger partial charge in [-0.1, -0.05) is 47.2 Å². The first-order valence-corrected chi connectivity index (χ1v) is 11.2. The predicted molar refractivity (Wildman–Crippen MR) is 124 cm³/mol. The largest absolute Gasteiger partial charge is 0.478 e. The van der Waals surface area contributed by atoms with Crippen LogP contribution in [0.4, 0.5) is 5.13 Å². The van der Waals surface area contributed by atoms with Crippen LogP contribution in [-0.4, -0.2) is 46.1 Å². The highest BCUT2D eigenvalue weighted by Crippen LogP contribution is 2.32. The number of nitrogens with zero attached hydrogens (tertiary/aromatic N) is 3. The van der Waals surface area contributed by atoms with E-state index in [4.69, 9.17) is 21.7 Å². The highest BCUT2D eigenvalue weighted by molar-refractivity contribution is 7.22. The monoisotopic (exact) mass is 441 g/mol. The number of thiazole rings is 1. The number of anilines is 1. The minimum Gasteiger partial charge on any atom is -0.478 e. The molecule has 156 valence electrons. The molecule has 1 aliphatic rings. The molecule has 1 aromatic heterocycles. The second-order valence-electron chi connectivity index (χ2n) is 7.80. The van der Waals surface area contributed by atoms with Crippen LogP contribution in [0.25, 0.3) is 16.3 Å². The molecule has 1 N–H and O–H groups in total. The molecule has 1 saturated heterocycles. The molecule has 30 heavy (non-hydrogen) atoms. The van der Waals surface area contributed by atoms with Gasteiger partial charge in [0.2, 0.25) is 0 Å². The summed E-state index contributed by atoms with van der Waals surface area (Å²) in [6.45, 7) is 7.16. The molecule has 1 aliphatic heterocycles. The smallest absolute Gasteiger partial charge is 0.328 e. The van der Waals surface area contributed by atoms with Crippen molar-refractivity contribution in [2.24, 2.45) is 0 Å². The lowest BCUT2D eigenvalue weighted by Gasteiger charge is -2.44. The fourth-order valence-electron chi connectivity index (χ4n) is 4.02. The second-order valence-corrected chi connectivity index (χ2v) is 9.25. The normalized spacial score (nSPS) is 20.3. The number of halogens is 1. The van der Waals surface area contributed by atoms with Crippen molar-refractivity contribution in [3.05, 3.63) is 64.7 Å². The first-order chi connectivity index (χ1) is 14.4. The van der Waals surface area contributed by atoms with Crippen LogP contribution in [0, 0.1) is 0 Å². The van der Waals surface area contributed by atoms with Crippen molar-refractivity contribution in [3.8, 4) is 0 Å². The molecule has 1 fully saturated rings. The summed E-state index contributed by atoms with van der Waals surface area (Å²) in [7, 11) is 0. The Bertz CT molecular complexity index is 1080. The molecule has 0 bridgehead atoms. The van der Waals surface area contributed by atoms with Gasteiger partial charge in [-0.15, -0.1) is 0 Å². The van der Waals surface area contributed by atoms with Gasteiger partial charge in [0, 0.05) is 42.8 Å². The first kappa shape index (κ1) is 20.8. The SMILES string of the molecule is C[C@@H]1CN(c2nc3cc(Cl)ccc3s2)C[C@H](C)N1Cc1cccc(C=CC(=O)O)c1. The van der Waals surface area contributed by atoms with Gasteiger partial charge in [0.15, 0.2) is 5.13 Å². The summed E-state index contributed by atoms with van der Waals surface area (Å²) in [5, 5.41) is 10.6. The standard InChI is InChI=1S/C23H24ClN3O2S/c1-15-12-26(23-25-20-11-19(24)7-8-21(20)30-23)13-16(2)27(15)14-18-5-3-4-17(10-18)6-9-22(28)29/h3-11,15-16H,12-14H2,1-2H3,(H,28,29)/t15-,16+. The summed E-state index contributed by atoms with van der Waals surface area (Å²) >= 11 is 7.83. The van der Waals surface area contributed by atoms with Crippen LogP contribution in [-0.2, 0) is 11.3 Å². The van der Waals surface area contributed by atoms with E-state index in [1.807, 2.05) is 30.3 Å². The molecule has 3 aromatic rings. The number of carbonyl (C=O) groups is 1. The zero-order valence-corrected chi connectivity index (χ0v) is 18.5. The number of benzene rings is 2. The van der Waals surface area contributed by atoms with Gasteiger partial charge in [0.1, 0.15) is 0 Å². The summed E-state index contributed by atoms with van der Waals surface area (Å²) in [6, 6.07) is 14.7. The molecule has 7 heteroatoms. The Morgan fingerprint density at radius 2 is 2.00 bits per heavy atom. The molecule has 2 aromatic carbocycles. The number of fused-ring (bicyclic) bond motifs is 1. The maximum Gasteiger partial charge on any atom is 0.328 e. The second kappa shape index (κ2) is 8.76. The lowest BCUT2D eigenvalue weighted by atomic mass is 10.0. The van der Waals surface area contributed by atoms with E-state index in [2.05, 4.69) is 35.8 Å². The van der Waals surface area contributed by atoms with Gasteiger partial charge in [-0.25, -0.2) is 9.78 Å². The third kappa shape index (κ3) is 4.67. The number of rotatable bonds is 5. The van der Waals surface area contributed by atoms with Crippen molar-refractivity contribution in [1.82, 2.24) is 9.88 Å². The van der Waals surface area contributed by atoms with E-state index in [0.29, 0.717) is 17.1 Å². The molecule has 0 unspecified atom stereocenters. The number of carboxylic acid groups (broad SMARTS) is 1.